The van der Waals surface area contributed by atoms with Crippen molar-refractivity contribution in [3.63, 3.8) is 0 Å². The van der Waals surface area contributed by atoms with Crippen molar-refractivity contribution < 1.29 is 14.3 Å². The minimum absolute atomic E-state index is 0.0343. The average molecular weight is 353 g/mol. The summed E-state index contributed by atoms with van der Waals surface area (Å²) in [6.07, 6.45) is 7.17. The van der Waals surface area contributed by atoms with E-state index >= 15 is 0 Å². The van der Waals surface area contributed by atoms with Crippen molar-refractivity contribution in [2.24, 2.45) is 0 Å². The Morgan fingerprint density at radius 1 is 1.21 bits per heavy atom. The number of fused-ring (bicyclic) bond motifs is 1. The molecule has 0 saturated heterocycles. The summed E-state index contributed by atoms with van der Waals surface area (Å²) < 4.78 is 11.1. The first kappa shape index (κ1) is 17.2. The van der Waals surface area contributed by atoms with Crippen molar-refractivity contribution >= 4 is 17.6 Å². The molecule has 0 aromatic heterocycles. The predicted molar refractivity (Wildman–Crippen MR) is 93.9 cm³/mol. The molecule has 0 unspecified atom stereocenters. The quantitative estimate of drug-likeness (QED) is 0.837. The number of ether oxygens (including phenoxy) is 2. The zero-order chi connectivity index (χ0) is 16.9. The SMILES string of the molecule is CN(C(=O)NCc1cc(Cl)c2c(c1)OCCO2)C1CCCCCC1. The monoisotopic (exact) mass is 352 g/mol. The first-order valence-electron chi connectivity index (χ1n) is 8.74. The van der Waals surface area contributed by atoms with Gasteiger partial charge in [-0.3, -0.25) is 0 Å². The molecule has 1 saturated carbocycles. The zero-order valence-corrected chi connectivity index (χ0v) is 14.9. The number of hydrogen-bond donors (Lipinski definition) is 1. The molecule has 0 bridgehead atoms. The first-order chi connectivity index (χ1) is 11.6. The van der Waals surface area contributed by atoms with Crippen molar-refractivity contribution in [1.82, 2.24) is 10.2 Å². The maximum Gasteiger partial charge on any atom is 0.317 e. The molecule has 1 fully saturated rings. The van der Waals surface area contributed by atoms with E-state index in [1.807, 2.05) is 24.1 Å². The van der Waals surface area contributed by atoms with Gasteiger partial charge in [0.2, 0.25) is 0 Å². The number of halogens is 1. The van der Waals surface area contributed by atoms with E-state index in [-0.39, 0.29) is 6.03 Å². The van der Waals surface area contributed by atoms with Gasteiger partial charge in [-0.15, -0.1) is 0 Å². The van der Waals surface area contributed by atoms with Gasteiger partial charge in [-0.05, 0) is 30.5 Å². The van der Waals surface area contributed by atoms with E-state index in [1.54, 1.807) is 0 Å². The van der Waals surface area contributed by atoms with Crippen molar-refractivity contribution in [3.8, 4) is 11.5 Å². The lowest BCUT2D eigenvalue weighted by molar-refractivity contribution is 0.171. The number of hydrogen-bond acceptors (Lipinski definition) is 3. The van der Waals surface area contributed by atoms with Gasteiger partial charge >= 0.3 is 6.03 Å². The highest BCUT2D eigenvalue weighted by atomic mass is 35.5. The van der Waals surface area contributed by atoms with Gasteiger partial charge in [0, 0.05) is 19.6 Å². The molecule has 1 aromatic carbocycles. The van der Waals surface area contributed by atoms with Crippen LogP contribution >= 0.6 is 11.6 Å². The summed E-state index contributed by atoms with van der Waals surface area (Å²) in [5, 5.41) is 3.50. The van der Waals surface area contributed by atoms with Gasteiger partial charge in [0.25, 0.3) is 0 Å². The van der Waals surface area contributed by atoms with Crippen LogP contribution in [0.1, 0.15) is 44.1 Å². The molecule has 2 amide bonds. The first-order valence-corrected chi connectivity index (χ1v) is 9.11. The lowest BCUT2D eigenvalue weighted by atomic mass is 10.1. The van der Waals surface area contributed by atoms with E-state index in [1.165, 1.54) is 25.7 Å². The number of nitrogens with one attached hydrogen (secondary N) is 1. The summed E-state index contributed by atoms with van der Waals surface area (Å²) in [4.78, 5) is 14.3. The molecule has 3 rings (SSSR count). The van der Waals surface area contributed by atoms with Gasteiger partial charge in [-0.25, -0.2) is 4.79 Å². The van der Waals surface area contributed by atoms with E-state index in [4.69, 9.17) is 21.1 Å². The van der Waals surface area contributed by atoms with E-state index in [9.17, 15) is 4.79 Å². The van der Waals surface area contributed by atoms with Crippen LogP contribution < -0.4 is 14.8 Å². The molecule has 5 nitrogen and oxygen atoms in total. The van der Waals surface area contributed by atoms with E-state index in [2.05, 4.69) is 5.32 Å². The Balaban J connectivity index is 1.58. The van der Waals surface area contributed by atoms with Gasteiger partial charge in [-0.1, -0.05) is 37.3 Å². The second kappa shape index (κ2) is 7.97. The summed E-state index contributed by atoms with van der Waals surface area (Å²) in [6.45, 7) is 1.45. The second-order valence-electron chi connectivity index (χ2n) is 6.52. The molecule has 1 aliphatic heterocycles. The van der Waals surface area contributed by atoms with Crippen molar-refractivity contribution in [2.45, 2.75) is 51.1 Å². The Kier molecular flexibility index (Phi) is 5.72. The van der Waals surface area contributed by atoms with Crippen molar-refractivity contribution in [1.29, 1.82) is 0 Å². The third-order valence-corrected chi connectivity index (χ3v) is 5.07. The summed E-state index contributed by atoms with van der Waals surface area (Å²) in [5.41, 5.74) is 0.909. The standard InChI is InChI=1S/C18H25ClN2O3/c1-21(14-6-4-2-3-5-7-14)18(22)20-12-13-10-15(19)17-16(11-13)23-8-9-24-17/h10-11,14H,2-9,12H2,1H3,(H,20,22). The predicted octanol–water partition coefficient (Wildman–Crippen LogP) is 3.98. The topological polar surface area (TPSA) is 50.8 Å². The summed E-state index contributed by atoms with van der Waals surface area (Å²) in [7, 11) is 1.89. The maximum atomic E-state index is 12.4. The molecule has 24 heavy (non-hydrogen) atoms. The molecule has 1 aliphatic carbocycles. The number of nitrogens with zero attached hydrogens (tertiary/aromatic N) is 1. The number of carbonyl (C=O) groups is 1. The number of urea groups is 1. The fourth-order valence-electron chi connectivity index (χ4n) is 3.38. The Bertz CT molecular complexity index is 586. The molecule has 0 radical (unpaired) electrons. The summed E-state index contributed by atoms with van der Waals surface area (Å²) in [5.74, 6) is 1.24. The van der Waals surface area contributed by atoms with Crippen LogP contribution in [0.3, 0.4) is 0 Å². The van der Waals surface area contributed by atoms with E-state index < -0.39 is 0 Å². The van der Waals surface area contributed by atoms with E-state index in [0.717, 1.165) is 18.4 Å². The number of amides is 2. The van der Waals surface area contributed by atoms with Gasteiger partial charge < -0.3 is 19.7 Å². The molecule has 1 N–H and O–H groups in total. The molecular weight excluding hydrogens is 328 g/mol. The smallest absolute Gasteiger partial charge is 0.317 e. The van der Waals surface area contributed by atoms with Crippen LogP contribution in [0.4, 0.5) is 4.79 Å². The Labute approximate surface area is 148 Å². The number of carbonyl (C=O) groups excluding carboxylic acids is 1. The minimum atomic E-state index is -0.0343. The van der Waals surface area contributed by atoms with Gasteiger partial charge in [0.1, 0.15) is 13.2 Å². The fourth-order valence-corrected chi connectivity index (χ4v) is 3.67. The lowest BCUT2D eigenvalue weighted by Gasteiger charge is -2.27. The van der Waals surface area contributed by atoms with Crippen LogP contribution in [-0.2, 0) is 6.54 Å². The van der Waals surface area contributed by atoms with Crippen LogP contribution in [0.15, 0.2) is 12.1 Å². The van der Waals surface area contributed by atoms with E-state index in [0.29, 0.717) is 42.3 Å². The number of benzene rings is 1. The average Bonchev–Trinajstić information content (AvgIpc) is 2.88. The normalized spacial score (nSPS) is 17.9. The highest BCUT2D eigenvalue weighted by Crippen LogP contribution is 2.38. The third-order valence-electron chi connectivity index (χ3n) is 4.79. The maximum absolute atomic E-state index is 12.4. The lowest BCUT2D eigenvalue weighted by Crippen LogP contribution is -2.43. The molecule has 0 spiro atoms. The van der Waals surface area contributed by atoms with Crippen LogP contribution in [0.5, 0.6) is 11.5 Å². The van der Waals surface area contributed by atoms with Crippen molar-refractivity contribution in [2.75, 3.05) is 20.3 Å². The molecule has 1 heterocycles. The number of rotatable bonds is 3. The largest absolute Gasteiger partial charge is 0.486 e. The Hall–Kier alpha value is -1.62. The van der Waals surface area contributed by atoms with Crippen LogP contribution in [0.25, 0.3) is 0 Å². The highest BCUT2D eigenvalue weighted by Gasteiger charge is 2.21. The van der Waals surface area contributed by atoms with Gasteiger partial charge in [0.15, 0.2) is 11.5 Å². The highest BCUT2D eigenvalue weighted by molar-refractivity contribution is 6.32. The summed E-state index contributed by atoms with van der Waals surface area (Å²) in [6, 6.07) is 4.01. The molecule has 132 valence electrons. The molecule has 2 aliphatic rings. The minimum Gasteiger partial charge on any atom is -0.486 e. The zero-order valence-electron chi connectivity index (χ0n) is 14.1. The molecular formula is C18H25ClN2O3. The van der Waals surface area contributed by atoms with Crippen LogP contribution in [0.2, 0.25) is 5.02 Å². The van der Waals surface area contributed by atoms with Gasteiger partial charge in [0.05, 0.1) is 5.02 Å². The molecule has 6 heteroatoms. The van der Waals surface area contributed by atoms with Crippen molar-refractivity contribution in [3.05, 3.63) is 22.7 Å². The fraction of sp³-hybridized carbons (Fsp3) is 0.611. The molecule has 0 atom stereocenters. The van der Waals surface area contributed by atoms with Crippen LogP contribution in [-0.4, -0.2) is 37.2 Å². The summed E-state index contributed by atoms with van der Waals surface area (Å²) >= 11 is 6.24. The van der Waals surface area contributed by atoms with Crippen LogP contribution in [0, 0.1) is 0 Å². The van der Waals surface area contributed by atoms with Gasteiger partial charge in [-0.2, -0.15) is 0 Å². The molecule has 1 aromatic rings. The Morgan fingerprint density at radius 3 is 2.67 bits per heavy atom. The Morgan fingerprint density at radius 2 is 1.92 bits per heavy atom. The third kappa shape index (κ3) is 4.07. The second-order valence-corrected chi connectivity index (χ2v) is 6.92.